The Labute approximate surface area is 175 Å². The van der Waals surface area contributed by atoms with Gasteiger partial charge < -0.3 is 4.98 Å². The van der Waals surface area contributed by atoms with Crippen molar-refractivity contribution in [2.24, 2.45) is 11.8 Å². The minimum Gasteiger partial charge on any atom is -0.345 e. The van der Waals surface area contributed by atoms with Crippen LogP contribution >= 0.6 is 0 Å². The van der Waals surface area contributed by atoms with E-state index in [0.717, 1.165) is 6.42 Å². The second-order valence-electron chi connectivity index (χ2n) is 8.24. The molecule has 2 fully saturated rings. The molecule has 160 valence electrons. The zero-order chi connectivity index (χ0) is 21.5. The molecule has 2 aromatic rings. The largest absolute Gasteiger partial charge is 0.345 e. The Kier molecular flexibility index (Phi) is 5.51. The first-order valence-corrected chi connectivity index (χ1v) is 11.9. The second kappa shape index (κ2) is 7.96. The summed E-state index contributed by atoms with van der Waals surface area (Å²) < 4.78 is 29.2. The van der Waals surface area contributed by atoms with Crippen molar-refractivity contribution in [3.05, 3.63) is 23.9 Å². The molecule has 2 saturated carbocycles. The van der Waals surface area contributed by atoms with E-state index in [1.54, 1.807) is 21.1 Å². The quantitative estimate of drug-likeness (QED) is 0.458. The molecular formula is C20H27N7O2S. The molecule has 2 heterocycles. The Bertz CT molecular complexity index is 1160. The fourth-order valence-electron chi connectivity index (χ4n) is 4.73. The van der Waals surface area contributed by atoms with E-state index in [0.29, 0.717) is 42.7 Å². The molecule has 3 N–H and O–H groups in total. The highest BCUT2D eigenvalue weighted by Gasteiger charge is 2.47. The summed E-state index contributed by atoms with van der Waals surface area (Å²) >= 11 is 0. The van der Waals surface area contributed by atoms with E-state index < -0.39 is 10.0 Å². The third kappa shape index (κ3) is 3.56. The molecule has 0 aromatic carbocycles. The highest BCUT2D eigenvalue weighted by Crippen LogP contribution is 2.41. The van der Waals surface area contributed by atoms with Crippen molar-refractivity contribution < 1.29 is 8.42 Å². The average Bonchev–Trinajstić information content (AvgIpc) is 3.35. The van der Waals surface area contributed by atoms with Crippen LogP contribution in [-0.4, -0.2) is 50.9 Å². The summed E-state index contributed by atoms with van der Waals surface area (Å²) in [6.45, 7) is 2.28. The molecule has 2 aliphatic carbocycles. The van der Waals surface area contributed by atoms with Crippen LogP contribution < -0.4 is 5.49 Å². The molecule has 10 heteroatoms. The van der Waals surface area contributed by atoms with Crippen LogP contribution in [0.2, 0.25) is 0 Å². The smallest absolute Gasteiger partial charge is 0.217 e. The van der Waals surface area contributed by atoms with E-state index in [1.807, 2.05) is 0 Å². The normalized spacial score (nSPS) is 24.4. The Hall–Kier alpha value is -2.51. The minimum absolute atomic E-state index is 0.136. The number of sulfonamides is 1. The van der Waals surface area contributed by atoms with Crippen molar-refractivity contribution in [3.8, 4) is 6.07 Å². The lowest BCUT2D eigenvalue weighted by Crippen LogP contribution is -2.42. The zero-order valence-corrected chi connectivity index (χ0v) is 17.8. The Balaban J connectivity index is 1.65. The number of aromatic amines is 1. The lowest BCUT2D eigenvalue weighted by Gasteiger charge is -2.28. The van der Waals surface area contributed by atoms with Crippen LogP contribution in [0.3, 0.4) is 0 Å². The highest BCUT2D eigenvalue weighted by atomic mass is 32.2. The van der Waals surface area contributed by atoms with E-state index in [2.05, 4.69) is 23.0 Å². The van der Waals surface area contributed by atoms with E-state index in [-0.39, 0.29) is 41.6 Å². The van der Waals surface area contributed by atoms with Crippen LogP contribution in [0.4, 0.5) is 0 Å². The van der Waals surface area contributed by atoms with Crippen molar-refractivity contribution in [1.82, 2.24) is 18.8 Å². The molecular weight excluding hydrogens is 402 g/mol. The monoisotopic (exact) mass is 429 g/mol. The first kappa shape index (κ1) is 20.8. The molecule has 0 aliphatic heterocycles. The molecule has 0 spiro atoms. The molecule has 0 saturated heterocycles. The van der Waals surface area contributed by atoms with Gasteiger partial charge in [0.1, 0.15) is 11.3 Å². The predicted molar refractivity (Wildman–Crippen MR) is 112 cm³/mol. The van der Waals surface area contributed by atoms with Gasteiger partial charge in [-0.05, 0) is 37.7 Å². The molecule has 2 aromatic heterocycles. The SMILES string of the molecule is CC[C@@H]1C[C@H](N(CCC#N)S(=O)(=O)C2CC2)C[C@@H]1C(=N)n1c(=N)cnc2[nH]ccc21. The highest BCUT2D eigenvalue weighted by molar-refractivity contribution is 7.90. The van der Waals surface area contributed by atoms with E-state index in [9.17, 15) is 8.42 Å². The van der Waals surface area contributed by atoms with Crippen LogP contribution in [0.25, 0.3) is 11.2 Å². The number of aromatic nitrogens is 3. The summed E-state index contributed by atoms with van der Waals surface area (Å²) in [4.78, 5) is 7.22. The van der Waals surface area contributed by atoms with Gasteiger partial charge in [-0.25, -0.2) is 13.4 Å². The molecule has 0 bridgehead atoms. The molecule has 2 aliphatic rings. The maximum absolute atomic E-state index is 13.0. The maximum atomic E-state index is 13.0. The van der Waals surface area contributed by atoms with E-state index in [1.165, 1.54) is 6.20 Å². The summed E-state index contributed by atoms with van der Waals surface area (Å²) in [5, 5.41) is 25.9. The van der Waals surface area contributed by atoms with Gasteiger partial charge in [-0.15, -0.1) is 0 Å². The summed E-state index contributed by atoms with van der Waals surface area (Å²) in [7, 11) is -3.41. The van der Waals surface area contributed by atoms with E-state index in [4.69, 9.17) is 16.1 Å². The second-order valence-corrected chi connectivity index (χ2v) is 10.4. The van der Waals surface area contributed by atoms with Crippen LogP contribution in [0.1, 0.15) is 45.4 Å². The third-order valence-corrected chi connectivity index (χ3v) is 8.86. The molecule has 30 heavy (non-hydrogen) atoms. The van der Waals surface area contributed by atoms with Crippen LogP contribution in [-0.2, 0) is 10.0 Å². The van der Waals surface area contributed by atoms with E-state index >= 15 is 0 Å². The van der Waals surface area contributed by atoms with Crippen molar-refractivity contribution in [2.75, 3.05) is 6.54 Å². The van der Waals surface area contributed by atoms with Gasteiger partial charge in [0.15, 0.2) is 5.65 Å². The number of nitrogens with one attached hydrogen (secondary N) is 3. The van der Waals surface area contributed by atoms with Crippen molar-refractivity contribution >= 4 is 27.0 Å². The van der Waals surface area contributed by atoms with Crippen molar-refractivity contribution in [1.29, 1.82) is 16.1 Å². The number of fused-ring (bicyclic) bond motifs is 1. The summed E-state index contributed by atoms with van der Waals surface area (Å²) in [6, 6.07) is 3.67. The first-order chi connectivity index (χ1) is 14.4. The summed E-state index contributed by atoms with van der Waals surface area (Å²) in [6.07, 6.45) is 6.75. The number of nitriles is 1. The van der Waals surface area contributed by atoms with Crippen molar-refractivity contribution in [2.45, 2.75) is 56.7 Å². The van der Waals surface area contributed by atoms with Gasteiger partial charge in [0, 0.05) is 31.1 Å². The number of hydrogen-bond acceptors (Lipinski definition) is 6. The molecule has 3 atom stereocenters. The molecule has 0 amide bonds. The Morgan fingerprint density at radius 1 is 1.43 bits per heavy atom. The van der Waals surface area contributed by atoms with Gasteiger partial charge >= 0.3 is 0 Å². The lowest BCUT2D eigenvalue weighted by molar-refractivity contribution is 0.318. The van der Waals surface area contributed by atoms with Gasteiger partial charge in [0.2, 0.25) is 10.0 Å². The standard InChI is InChI=1S/C20H27N7O2S/c1-2-13-10-14(26(9-3-7-21)30(28,29)15-4-5-15)11-16(13)19(23)27-17-6-8-24-20(17)25-12-18(27)22/h6,8,12-16,22-24H,2-5,9-11H2,1H3/t13-,14+,16+/m1/s1. The fourth-order valence-corrected chi connectivity index (χ4v) is 6.77. The van der Waals surface area contributed by atoms with Gasteiger partial charge in [-0.1, -0.05) is 13.3 Å². The molecule has 0 radical (unpaired) electrons. The van der Waals surface area contributed by atoms with Crippen LogP contribution in [0.15, 0.2) is 18.5 Å². The average molecular weight is 430 g/mol. The Morgan fingerprint density at radius 2 is 2.20 bits per heavy atom. The third-order valence-electron chi connectivity index (χ3n) is 6.41. The fraction of sp³-hybridized carbons (Fsp3) is 0.600. The minimum atomic E-state index is -3.41. The zero-order valence-electron chi connectivity index (χ0n) is 17.0. The van der Waals surface area contributed by atoms with Gasteiger partial charge in [0.05, 0.1) is 23.0 Å². The maximum Gasteiger partial charge on any atom is 0.217 e. The summed E-state index contributed by atoms with van der Waals surface area (Å²) in [5.74, 6) is 0.300. The van der Waals surface area contributed by atoms with Crippen LogP contribution in [0, 0.1) is 34.0 Å². The Morgan fingerprint density at radius 3 is 2.87 bits per heavy atom. The molecule has 4 rings (SSSR count). The number of H-pyrrole nitrogens is 1. The van der Waals surface area contributed by atoms with Gasteiger partial charge in [0.25, 0.3) is 0 Å². The topological polar surface area (TPSA) is 142 Å². The first-order valence-electron chi connectivity index (χ1n) is 10.4. The number of rotatable bonds is 7. The van der Waals surface area contributed by atoms with Gasteiger partial charge in [-0.2, -0.15) is 9.57 Å². The van der Waals surface area contributed by atoms with Gasteiger partial charge in [-0.3, -0.25) is 15.4 Å². The molecule has 9 nitrogen and oxygen atoms in total. The predicted octanol–water partition coefficient (Wildman–Crippen LogP) is 2.18. The lowest BCUT2D eigenvalue weighted by atomic mass is 9.92. The molecule has 0 unspecified atom stereocenters. The van der Waals surface area contributed by atoms with Crippen molar-refractivity contribution in [3.63, 3.8) is 0 Å². The number of nitrogens with zero attached hydrogens (tertiary/aromatic N) is 4. The van der Waals surface area contributed by atoms with Crippen LogP contribution in [0.5, 0.6) is 0 Å². The number of hydrogen-bond donors (Lipinski definition) is 3. The summed E-state index contributed by atoms with van der Waals surface area (Å²) in [5.41, 5.74) is 1.43.